The van der Waals surface area contributed by atoms with Crippen LogP contribution in [0.15, 0.2) is 176 Å². The first-order valence-corrected chi connectivity index (χ1v) is 17.2. The molecule has 2 aromatic heterocycles. The average molecular weight is 624 g/mol. The molecule has 230 valence electrons. The summed E-state index contributed by atoms with van der Waals surface area (Å²) in [6.45, 7) is 0. The fourth-order valence-corrected chi connectivity index (χ4v) is 7.96. The summed E-state index contributed by atoms with van der Waals surface area (Å²) in [5.41, 5.74) is 16.3. The molecular weight excluding hydrogens is 591 g/mol. The van der Waals surface area contributed by atoms with Crippen molar-refractivity contribution in [2.75, 3.05) is 0 Å². The first kappa shape index (κ1) is 27.9. The second-order valence-electron chi connectivity index (χ2n) is 13.3. The number of fused-ring (bicyclic) bond motifs is 6. The van der Waals surface area contributed by atoms with Crippen LogP contribution in [-0.4, -0.2) is 4.40 Å². The van der Waals surface area contributed by atoms with Crippen LogP contribution < -0.4 is 0 Å². The Balaban J connectivity index is 1.10. The maximum absolute atomic E-state index is 2.44. The summed E-state index contributed by atoms with van der Waals surface area (Å²) in [5, 5.41) is 5.22. The van der Waals surface area contributed by atoms with Gasteiger partial charge in [0, 0.05) is 21.5 Å². The Hall–Kier alpha value is -6.18. The molecule has 0 aliphatic heterocycles. The van der Waals surface area contributed by atoms with Crippen molar-refractivity contribution < 1.29 is 0 Å². The maximum Gasteiger partial charge on any atom is 0.0620 e. The third-order valence-electron chi connectivity index (χ3n) is 10.3. The molecule has 0 saturated carbocycles. The van der Waals surface area contributed by atoms with E-state index in [-0.39, 0.29) is 0 Å². The molecule has 0 N–H and O–H groups in total. The monoisotopic (exact) mass is 623 g/mol. The topological polar surface area (TPSA) is 4.41 Å². The van der Waals surface area contributed by atoms with Crippen molar-refractivity contribution in [1.82, 2.24) is 4.40 Å². The quantitative estimate of drug-likeness (QED) is 0.180. The summed E-state index contributed by atoms with van der Waals surface area (Å²) >= 11 is 0. The molecule has 0 spiro atoms. The SMILES string of the molecule is C1=CC(c2cc(-c3ccccc3)cc(-c3cccc(-c4cccc(-c5cc6c7ccccc7n7c8ccccc8c(c5)c67)c4)c3)c2)=CCC1. The molecule has 0 radical (unpaired) electrons. The number of benzene rings is 7. The van der Waals surface area contributed by atoms with E-state index in [1.54, 1.807) is 0 Å². The predicted molar refractivity (Wildman–Crippen MR) is 209 cm³/mol. The van der Waals surface area contributed by atoms with Gasteiger partial charge in [-0.2, -0.15) is 0 Å². The Morgan fingerprint density at radius 1 is 0.347 bits per heavy atom. The van der Waals surface area contributed by atoms with Crippen molar-refractivity contribution in [3.8, 4) is 44.5 Å². The molecule has 0 atom stereocenters. The van der Waals surface area contributed by atoms with Crippen molar-refractivity contribution >= 4 is 43.7 Å². The minimum atomic E-state index is 1.09. The first-order valence-electron chi connectivity index (χ1n) is 17.2. The van der Waals surface area contributed by atoms with Crippen LogP contribution in [0, 0.1) is 0 Å². The van der Waals surface area contributed by atoms with E-state index in [2.05, 4.69) is 180 Å². The second-order valence-corrected chi connectivity index (χ2v) is 13.3. The van der Waals surface area contributed by atoms with Gasteiger partial charge in [-0.05, 0) is 123 Å². The van der Waals surface area contributed by atoms with Gasteiger partial charge in [0.25, 0.3) is 0 Å². The average Bonchev–Trinajstić information content (AvgIpc) is 3.70. The number of para-hydroxylation sites is 2. The van der Waals surface area contributed by atoms with Crippen molar-refractivity contribution in [1.29, 1.82) is 0 Å². The van der Waals surface area contributed by atoms with E-state index in [4.69, 9.17) is 0 Å². The highest BCUT2D eigenvalue weighted by atomic mass is 14.9. The van der Waals surface area contributed by atoms with Gasteiger partial charge < -0.3 is 4.40 Å². The molecule has 0 saturated heterocycles. The molecule has 0 fully saturated rings. The highest BCUT2D eigenvalue weighted by Gasteiger charge is 2.18. The number of nitrogens with zero attached hydrogens (tertiary/aromatic N) is 1. The molecule has 0 unspecified atom stereocenters. The van der Waals surface area contributed by atoms with Gasteiger partial charge in [-0.1, -0.05) is 121 Å². The summed E-state index contributed by atoms with van der Waals surface area (Å²) in [6.07, 6.45) is 9.14. The van der Waals surface area contributed by atoms with Crippen molar-refractivity contribution in [3.63, 3.8) is 0 Å². The molecule has 10 rings (SSSR count). The number of hydrogen-bond donors (Lipinski definition) is 0. The molecule has 7 aromatic carbocycles. The van der Waals surface area contributed by atoms with Crippen LogP contribution in [0.25, 0.3) is 88.2 Å². The summed E-state index contributed by atoms with van der Waals surface area (Å²) in [7, 11) is 0. The zero-order chi connectivity index (χ0) is 32.3. The third kappa shape index (κ3) is 4.62. The molecular formula is C48H33N. The minimum absolute atomic E-state index is 1.09. The van der Waals surface area contributed by atoms with Gasteiger partial charge in [0.1, 0.15) is 0 Å². The smallest absolute Gasteiger partial charge is 0.0620 e. The maximum atomic E-state index is 2.44. The molecule has 1 aliphatic rings. The zero-order valence-electron chi connectivity index (χ0n) is 27.1. The van der Waals surface area contributed by atoms with Gasteiger partial charge in [-0.3, -0.25) is 0 Å². The van der Waals surface area contributed by atoms with E-state index >= 15 is 0 Å². The zero-order valence-corrected chi connectivity index (χ0v) is 27.1. The summed E-state index contributed by atoms with van der Waals surface area (Å²) < 4.78 is 2.44. The lowest BCUT2D eigenvalue weighted by Gasteiger charge is -2.14. The van der Waals surface area contributed by atoms with Crippen LogP contribution in [0.1, 0.15) is 18.4 Å². The molecule has 1 heteroatoms. The van der Waals surface area contributed by atoms with E-state index in [1.165, 1.54) is 93.7 Å². The van der Waals surface area contributed by atoms with Crippen LogP contribution in [-0.2, 0) is 0 Å². The fourth-order valence-electron chi connectivity index (χ4n) is 7.96. The van der Waals surface area contributed by atoms with Crippen LogP contribution in [0.4, 0.5) is 0 Å². The Morgan fingerprint density at radius 2 is 0.816 bits per heavy atom. The number of rotatable bonds is 5. The normalized spacial score (nSPS) is 13.2. The van der Waals surface area contributed by atoms with Gasteiger partial charge in [0.05, 0.1) is 16.6 Å². The van der Waals surface area contributed by atoms with Gasteiger partial charge in [-0.25, -0.2) is 0 Å². The Labute approximate surface area is 286 Å². The number of aromatic nitrogens is 1. The van der Waals surface area contributed by atoms with Crippen molar-refractivity contribution in [2.45, 2.75) is 12.8 Å². The van der Waals surface area contributed by atoms with E-state index in [0.717, 1.165) is 12.8 Å². The van der Waals surface area contributed by atoms with E-state index in [1.807, 2.05) is 0 Å². The van der Waals surface area contributed by atoms with E-state index < -0.39 is 0 Å². The minimum Gasteiger partial charge on any atom is -0.308 e. The molecule has 49 heavy (non-hydrogen) atoms. The predicted octanol–water partition coefficient (Wildman–Crippen LogP) is 13.2. The molecule has 1 nitrogen and oxygen atoms in total. The second kappa shape index (κ2) is 11.2. The van der Waals surface area contributed by atoms with Gasteiger partial charge in [-0.15, -0.1) is 0 Å². The van der Waals surface area contributed by atoms with Gasteiger partial charge in [0.2, 0.25) is 0 Å². The number of hydrogen-bond acceptors (Lipinski definition) is 0. The first-order chi connectivity index (χ1) is 24.3. The molecule has 1 aliphatic carbocycles. The Kier molecular flexibility index (Phi) is 6.38. The molecule has 9 aromatic rings. The Bertz CT molecular complexity index is 2670. The lowest BCUT2D eigenvalue weighted by atomic mass is 9.90. The highest BCUT2D eigenvalue weighted by Crippen LogP contribution is 2.42. The fraction of sp³-hybridized carbons (Fsp3) is 0.0417. The lowest BCUT2D eigenvalue weighted by Crippen LogP contribution is -1.90. The molecule has 2 heterocycles. The number of allylic oxidation sites excluding steroid dienone is 4. The lowest BCUT2D eigenvalue weighted by molar-refractivity contribution is 1.04. The van der Waals surface area contributed by atoms with Crippen LogP contribution in [0.2, 0.25) is 0 Å². The van der Waals surface area contributed by atoms with Crippen LogP contribution in [0.3, 0.4) is 0 Å². The molecule has 0 amide bonds. The van der Waals surface area contributed by atoms with Gasteiger partial charge >= 0.3 is 0 Å². The summed E-state index contributed by atoms with van der Waals surface area (Å²) in [5.74, 6) is 0. The van der Waals surface area contributed by atoms with E-state index in [9.17, 15) is 0 Å². The van der Waals surface area contributed by atoms with E-state index in [0.29, 0.717) is 0 Å². The standard InChI is InChI=1S/C48H33N/c1-3-13-32(14-4-1)38-27-39(33-15-5-2-6-16-33)29-40(28-38)36-19-11-17-34(25-36)35-18-12-20-37(26-35)41-30-44-42-21-7-9-23-46(42)49-47-24-10-8-22-43(47)45(31-41)48(44)49/h1,3-5,7-31H,2,6H2. The summed E-state index contributed by atoms with van der Waals surface area (Å²) in [4.78, 5) is 0. The summed E-state index contributed by atoms with van der Waals surface area (Å²) in [6, 6.07) is 58.3. The van der Waals surface area contributed by atoms with Crippen LogP contribution in [0.5, 0.6) is 0 Å². The van der Waals surface area contributed by atoms with Crippen molar-refractivity contribution in [3.05, 3.63) is 182 Å². The third-order valence-corrected chi connectivity index (χ3v) is 10.3. The highest BCUT2D eigenvalue weighted by molar-refractivity contribution is 6.24. The largest absolute Gasteiger partial charge is 0.308 e. The van der Waals surface area contributed by atoms with Crippen LogP contribution >= 0.6 is 0 Å². The molecule has 0 bridgehead atoms. The van der Waals surface area contributed by atoms with Gasteiger partial charge in [0.15, 0.2) is 0 Å². The van der Waals surface area contributed by atoms with Crippen molar-refractivity contribution in [2.24, 2.45) is 0 Å². The Morgan fingerprint density at radius 3 is 1.41 bits per heavy atom.